The van der Waals surface area contributed by atoms with E-state index in [2.05, 4.69) is 24.1 Å². The van der Waals surface area contributed by atoms with E-state index in [1.807, 2.05) is 6.92 Å². The molecule has 1 N–H and O–H groups in total. The average molecular weight is 224 g/mol. The number of rotatable bonds is 6. The van der Waals surface area contributed by atoms with Crippen molar-refractivity contribution in [2.24, 2.45) is 5.92 Å². The molecule has 1 rings (SSSR count). The second kappa shape index (κ2) is 6.59. The van der Waals surface area contributed by atoms with Crippen molar-refractivity contribution < 1.29 is 4.39 Å². The van der Waals surface area contributed by atoms with Gasteiger partial charge in [0.25, 0.3) is 0 Å². The van der Waals surface area contributed by atoms with Crippen molar-refractivity contribution in [3.8, 4) is 0 Å². The lowest BCUT2D eigenvalue weighted by atomic mass is 10.0. The Bertz CT molecular complexity index is 311. The summed E-state index contributed by atoms with van der Waals surface area (Å²) in [5.41, 5.74) is 0.908. The van der Waals surface area contributed by atoms with Gasteiger partial charge in [0.2, 0.25) is 0 Å². The standard InChI is InChI=1S/C13H21FN2/c1-4-11(5-2)7-16-10(3)12-6-13(14)9-15-8-12/h6,8-11,16H,4-5,7H2,1-3H3. The van der Waals surface area contributed by atoms with Crippen LogP contribution in [-0.4, -0.2) is 11.5 Å². The van der Waals surface area contributed by atoms with Crippen LogP contribution in [0, 0.1) is 11.7 Å². The molecule has 0 radical (unpaired) electrons. The van der Waals surface area contributed by atoms with Gasteiger partial charge in [-0.3, -0.25) is 4.98 Å². The Labute approximate surface area is 97.3 Å². The molecule has 0 aliphatic carbocycles. The number of hydrogen-bond donors (Lipinski definition) is 1. The maximum Gasteiger partial charge on any atom is 0.141 e. The molecule has 0 saturated carbocycles. The first-order chi connectivity index (χ1) is 7.67. The molecule has 16 heavy (non-hydrogen) atoms. The van der Waals surface area contributed by atoms with Crippen LogP contribution in [0.4, 0.5) is 4.39 Å². The second-order valence-corrected chi connectivity index (χ2v) is 4.25. The molecule has 1 heterocycles. The van der Waals surface area contributed by atoms with E-state index in [9.17, 15) is 4.39 Å². The molecule has 3 heteroatoms. The molecule has 0 fully saturated rings. The highest BCUT2D eigenvalue weighted by atomic mass is 19.1. The fourth-order valence-corrected chi connectivity index (χ4v) is 1.70. The van der Waals surface area contributed by atoms with E-state index in [4.69, 9.17) is 0 Å². The summed E-state index contributed by atoms with van der Waals surface area (Å²) < 4.78 is 13.0. The molecule has 1 unspecified atom stereocenters. The highest BCUT2D eigenvalue weighted by Crippen LogP contribution is 2.13. The monoisotopic (exact) mass is 224 g/mol. The van der Waals surface area contributed by atoms with Crippen molar-refractivity contribution in [3.05, 3.63) is 29.8 Å². The minimum atomic E-state index is -0.270. The van der Waals surface area contributed by atoms with Crippen LogP contribution in [0.15, 0.2) is 18.5 Å². The first-order valence-corrected chi connectivity index (χ1v) is 6.01. The number of pyridine rings is 1. The zero-order chi connectivity index (χ0) is 12.0. The third-order valence-electron chi connectivity index (χ3n) is 3.09. The Balaban J connectivity index is 2.49. The Morgan fingerprint density at radius 1 is 1.31 bits per heavy atom. The number of halogens is 1. The molecule has 0 aromatic carbocycles. The van der Waals surface area contributed by atoms with Crippen LogP contribution in [0.3, 0.4) is 0 Å². The zero-order valence-electron chi connectivity index (χ0n) is 10.3. The smallest absolute Gasteiger partial charge is 0.141 e. The first-order valence-electron chi connectivity index (χ1n) is 6.01. The highest BCUT2D eigenvalue weighted by molar-refractivity contribution is 5.14. The van der Waals surface area contributed by atoms with E-state index in [0.717, 1.165) is 12.1 Å². The molecule has 1 aromatic rings. The molecular weight excluding hydrogens is 203 g/mol. The van der Waals surface area contributed by atoms with Crippen LogP contribution in [0.2, 0.25) is 0 Å². The van der Waals surface area contributed by atoms with Gasteiger partial charge in [-0.2, -0.15) is 0 Å². The summed E-state index contributed by atoms with van der Waals surface area (Å²) in [6, 6.07) is 1.70. The summed E-state index contributed by atoms with van der Waals surface area (Å²) in [5.74, 6) is 0.428. The maximum atomic E-state index is 13.0. The second-order valence-electron chi connectivity index (χ2n) is 4.25. The van der Waals surface area contributed by atoms with Gasteiger partial charge in [-0.25, -0.2) is 4.39 Å². The third kappa shape index (κ3) is 3.89. The van der Waals surface area contributed by atoms with Crippen molar-refractivity contribution in [2.45, 2.75) is 39.7 Å². The summed E-state index contributed by atoms with van der Waals surface area (Å²) >= 11 is 0. The lowest BCUT2D eigenvalue weighted by Gasteiger charge is -2.18. The minimum absolute atomic E-state index is 0.156. The van der Waals surface area contributed by atoms with Gasteiger partial charge >= 0.3 is 0 Å². The van der Waals surface area contributed by atoms with Crippen LogP contribution in [0.1, 0.15) is 45.2 Å². The molecule has 0 spiro atoms. The fraction of sp³-hybridized carbons (Fsp3) is 0.615. The first kappa shape index (κ1) is 13.1. The Kier molecular flexibility index (Phi) is 5.39. The Morgan fingerprint density at radius 2 is 2.00 bits per heavy atom. The molecule has 0 aliphatic rings. The third-order valence-corrected chi connectivity index (χ3v) is 3.09. The SMILES string of the molecule is CCC(CC)CNC(C)c1cncc(F)c1. The van der Waals surface area contributed by atoms with Gasteiger partial charge in [-0.15, -0.1) is 0 Å². The Hall–Kier alpha value is -0.960. The van der Waals surface area contributed by atoms with Gasteiger partial charge in [0, 0.05) is 12.2 Å². The Morgan fingerprint density at radius 3 is 2.56 bits per heavy atom. The van der Waals surface area contributed by atoms with E-state index in [1.54, 1.807) is 6.20 Å². The summed E-state index contributed by atoms with van der Waals surface area (Å²) in [4.78, 5) is 3.86. The van der Waals surface area contributed by atoms with Gasteiger partial charge in [0.1, 0.15) is 5.82 Å². The predicted molar refractivity (Wildman–Crippen MR) is 64.7 cm³/mol. The van der Waals surface area contributed by atoms with E-state index in [-0.39, 0.29) is 11.9 Å². The topological polar surface area (TPSA) is 24.9 Å². The molecule has 1 aromatic heterocycles. The molecule has 1 atom stereocenters. The fourth-order valence-electron chi connectivity index (χ4n) is 1.70. The van der Waals surface area contributed by atoms with Crippen molar-refractivity contribution >= 4 is 0 Å². The summed E-state index contributed by atoms with van der Waals surface area (Å²) in [5, 5.41) is 3.42. The number of nitrogens with zero attached hydrogens (tertiary/aromatic N) is 1. The van der Waals surface area contributed by atoms with Crippen LogP contribution in [0.5, 0.6) is 0 Å². The van der Waals surface area contributed by atoms with Crippen LogP contribution in [-0.2, 0) is 0 Å². The molecular formula is C13H21FN2. The van der Waals surface area contributed by atoms with Crippen LogP contribution >= 0.6 is 0 Å². The van der Waals surface area contributed by atoms with Crippen LogP contribution < -0.4 is 5.32 Å². The number of nitrogens with one attached hydrogen (secondary N) is 1. The minimum Gasteiger partial charge on any atom is -0.310 e. The van der Waals surface area contributed by atoms with E-state index >= 15 is 0 Å². The normalized spacial score (nSPS) is 13.1. The highest BCUT2D eigenvalue weighted by Gasteiger charge is 2.09. The lowest BCUT2D eigenvalue weighted by molar-refractivity contribution is 0.421. The van der Waals surface area contributed by atoms with Crippen molar-refractivity contribution in [1.82, 2.24) is 10.3 Å². The zero-order valence-corrected chi connectivity index (χ0v) is 10.3. The number of aromatic nitrogens is 1. The van der Waals surface area contributed by atoms with Crippen molar-refractivity contribution in [1.29, 1.82) is 0 Å². The molecule has 90 valence electrons. The number of hydrogen-bond acceptors (Lipinski definition) is 2. The van der Waals surface area contributed by atoms with E-state index in [1.165, 1.54) is 25.1 Å². The van der Waals surface area contributed by atoms with Gasteiger partial charge in [-0.1, -0.05) is 26.7 Å². The van der Waals surface area contributed by atoms with Crippen LogP contribution in [0.25, 0.3) is 0 Å². The molecule has 0 saturated heterocycles. The quantitative estimate of drug-likeness (QED) is 0.802. The largest absolute Gasteiger partial charge is 0.310 e. The molecule has 2 nitrogen and oxygen atoms in total. The molecule has 0 bridgehead atoms. The van der Waals surface area contributed by atoms with Crippen molar-refractivity contribution in [2.75, 3.05) is 6.54 Å². The summed E-state index contributed by atoms with van der Waals surface area (Å²) in [7, 11) is 0. The summed E-state index contributed by atoms with van der Waals surface area (Å²) in [6.45, 7) is 7.41. The van der Waals surface area contributed by atoms with E-state index in [0.29, 0.717) is 5.92 Å². The van der Waals surface area contributed by atoms with Gasteiger partial charge in [-0.05, 0) is 31.0 Å². The maximum absolute atomic E-state index is 13.0. The van der Waals surface area contributed by atoms with Crippen molar-refractivity contribution in [3.63, 3.8) is 0 Å². The van der Waals surface area contributed by atoms with Gasteiger partial charge in [0.15, 0.2) is 0 Å². The summed E-state index contributed by atoms with van der Waals surface area (Å²) in [6.07, 6.45) is 5.31. The predicted octanol–water partition coefficient (Wildman–Crippen LogP) is 3.31. The molecule has 0 aliphatic heterocycles. The molecule has 0 amide bonds. The van der Waals surface area contributed by atoms with Gasteiger partial charge in [0.05, 0.1) is 6.20 Å². The van der Waals surface area contributed by atoms with Gasteiger partial charge < -0.3 is 5.32 Å². The average Bonchev–Trinajstić information content (AvgIpc) is 2.30. The van der Waals surface area contributed by atoms with E-state index < -0.39 is 0 Å². The lowest BCUT2D eigenvalue weighted by Crippen LogP contribution is -2.25.